The first-order chi connectivity index (χ1) is 10.1. The highest BCUT2D eigenvalue weighted by Gasteiger charge is 2.25. The molecule has 1 fully saturated rings. The van der Waals surface area contributed by atoms with E-state index in [1.807, 2.05) is 0 Å². The molecule has 0 atom stereocenters. The third kappa shape index (κ3) is 4.48. The molecule has 1 aromatic rings. The molecule has 2 rings (SSSR count). The average Bonchev–Trinajstić information content (AvgIpc) is 2.92. The zero-order valence-electron chi connectivity index (χ0n) is 11.9. The Bertz CT molecular complexity index is 497. The van der Waals surface area contributed by atoms with Gasteiger partial charge in [-0.15, -0.1) is 11.3 Å². The van der Waals surface area contributed by atoms with Gasteiger partial charge in [-0.3, -0.25) is 9.59 Å². The number of nitrogens with zero attached hydrogens (tertiary/aromatic N) is 2. The van der Waals surface area contributed by atoms with Crippen molar-refractivity contribution >= 4 is 28.3 Å². The SMILES string of the molecule is CC(=O)Nc1nc(C(=O)N2CCC(OCCO)CC2)cs1. The lowest BCUT2D eigenvalue weighted by Gasteiger charge is -2.31. The van der Waals surface area contributed by atoms with Crippen LogP contribution in [0.4, 0.5) is 5.13 Å². The van der Waals surface area contributed by atoms with Gasteiger partial charge in [0, 0.05) is 25.4 Å². The highest BCUT2D eigenvalue weighted by Crippen LogP contribution is 2.20. The highest BCUT2D eigenvalue weighted by atomic mass is 32.1. The summed E-state index contributed by atoms with van der Waals surface area (Å²) in [6.45, 7) is 2.98. The molecule has 0 bridgehead atoms. The normalized spacial score (nSPS) is 16.0. The molecular weight excluding hydrogens is 294 g/mol. The molecule has 7 nitrogen and oxygen atoms in total. The molecule has 1 aliphatic rings. The van der Waals surface area contributed by atoms with Crippen molar-refractivity contribution in [2.75, 3.05) is 31.6 Å². The molecule has 0 aromatic carbocycles. The minimum absolute atomic E-state index is 0.0178. The molecule has 116 valence electrons. The van der Waals surface area contributed by atoms with Crippen molar-refractivity contribution < 1.29 is 19.4 Å². The third-order valence-electron chi connectivity index (χ3n) is 3.18. The number of ether oxygens (including phenoxy) is 1. The monoisotopic (exact) mass is 313 g/mol. The predicted molar refractivity (Wildman–Crippen MR) is 78.4 cm³/mol. The molecule has 0 unspecified atom stereocenters. The van der Waals surface area contributed by atoms with Crippen molar-refractivity contribution in [1.82, 2.24) is 9.88 Å². The fourth-order valence-corrected chi connectivity index (χ4v) is 2.92. The maximum atomic E-state index is 12.3. The van der Waals surface area contributed by atoms with Gasteiger partial charge in [0.2, 0.25) is 5.91 Å². The largest absolute Gasteiger partial charge is 0.394 e. The zero-order chi connectivity index (χ0) is 15.2. The Morgan fingerprint density at radius 2 is 2.24 bits per heavy atom. The topological polar surface area (TPSA) is 91.8 Å². The first-order valence-corrected chi connectivity index (χ1v) is 7.73. The van der Waals surface area contributed by atoms with Crippen LogP contribution in [-0.4, -0.2) is 59.2 Å². The van der Waals surface area contributed by atoms with Crippen LogP contribution in [0.1, 0.15) is 30.3 Å². The van der Waals surface area contributed by atoms with Crippen LogP contribution >= 0.6 is 11.3 Å². The quantitative estimate of drug-likeness (QED) is 0.835. The van der Waals surface area contributed by atoms with Crippen molar-refractivity contribution in [2.45, 2.75) is 25.9 Å². The summed E-state index contributed by atoms with van der Waals surface area (Å²) in [7, 11) is 0. The van der Waals surface area contributed by atoms with E-state index in [0.29, 0.717) is 30.5 Å². The lowest BCUT2D eigenvalue weighted by atomic mass is 10.1. The first kappa shape index (κ1) is 15.9. The summed E-state index contributed by atoms with van der Waals surface area (Å²) in [5.41, 5.74) is 0.360. The van der Waals surface area contributed by atoms with Gasteiger partial charge in [0.1, 0.15) is 5.69 Å². The molecule has 8 heteroatoms. The summed E-state index contributed by atoms with van der Waals surface area (Å²) in [4.78, 5) is 29.1. The lowest BCUT2D eigenvalue weighted by molar-refractivity contribution is -0.114. The van der Waals surface area contributed by atoms with E-state index in [1.165, 1.54) is 18.3 Å². The van der Waals surface area contributed by atoms with E-state index >= 15 is 0 Å². The smallest absolute Gasteiger partial charge is 0.273 e. The van der Waals surface area contributed by atoms with Crippen LogP contribution in [0.2, 0.25) is 0 Å². The maximum absolute atomic E-state index is 12.3. The highest BCUT2D eigenvalue weighted by molar-refractivity contribution is 7.14. The fourth-order valence-electron chi connectivity index (χ4n) is 2.19. The number of amides is 2. The number of aromatic nitrogens is 1. The second kappa shape index (κ2) is 7.48. The molecular formula is C13H19N3O4S. The minimum atomic E-state index is -0.204. The number of anilines is 1. The van der Waals surface area contributed by atoms with Crippen molar-refractivity contribution in [3.8, 4) is 0 Å². The van der Waals surface area contributed by atoms with Crippen LogP contribution in [-0.2, 0) is 9.53 Å². The van der Waals surface area contributed by atoms with Crippen LogP contribution in [0.5, 0.6) is 0 Å². The standard InChI is InChI=1S/C13H19N3O4S/c1-9(18)14-13-15-11(8-21-13)12(19)16-4-2-10(3-5-16)20-7-6-17/h8,10,17H,2-7H2,1H3,(H,14,15,18). The number of aliphatic hydroxyl groups excluding tert-OH is 1. The van der Waals surface area contributed by atoms with E-state index in [1.54, 1.807) is 10.3 Å². The first-order valence-electron chi connectivity index (χ1n) is 6.85. The summed E-state index contributed by atoms with van der Waals surface area (Å²) >= 11 is 1.24. The Kier molecular flexibility index (Phi) is 5.66. The number of thiazole rings is 1. The molecule has 2 amide bonds. The van der Waals surface area contributed by atoms with Crippen LogP contribution < -0.4 is 5.32 Å². The number of rotatable bonds is 5. The Balaban J connectivity index is 1.86. The zero-order valence-corrected chi connectivity index (χ0v) is 12.7. The average molecular weight is 313 g/mol. The molecule has 21 heavy (non-hydrogen) atoms. The Morgan fingerprint density at radius 3 is 2.86 bits per heavy atom. The minimum Gasteiger partial charge on any atom is -0.394 e. The molecule has 0 radical (unpaired) electrons. The van der Waals surface area contributed by atoms with E-state index in [0.717, 1.165) is 12.8 Å². The molecule has 2 heterocycles. The fraction of sp³-hybridized carbons (Fsp3) is 0.615. The molecule has 1 saturated heterocycles. The van der Waals surface area contributed by atoms with E-state index in [2.05, 4.69) is 10.3 Å². The van der Waals surface area contributed by atoms with Gasteiger partial charge in [-0.2, -0.15) is 0 Å². The van der Waals surface area contributed by atoms with E-state index < -0.39 is 0 Å². The second-order valence-electron chi connectivity index (χ2n) is 4.81. The van der Waals surface area contributed by atoms with Crippen LogP contribution in [0.3, 0.4) is 0 Å². The van der Waals surface area contributed by atoms with Crippen molar-refractivity contribution in [2.24, 2.45) is 0 Å². The molecule has 2 N–H and O–H groups in total. The Labute approximate surface area is 126 Å². The number of hydrogen-bond acceptors (Lipinski definition) is 6. The van der Waals surface area contributed by atoms with Gasteiger partial charge in [-0.05, 0) is 12.8 Å². The summed E-state index contributed by atoms with van der Waals surface area (Å²) in [6, 6.07) is 0. The van der Waals surface area contributed by atoms with E-state index in [-0.39, 0.29) is 24.5 Å². The van der Waals surface area contributed by atoms with Gasteiger partial charge in [0.15, 0.2) is 5.13 Å². The molecule has 0 spiro atoms. The lowest BCUT2D eigenvalue weighted by Crippen LogP contribution is -2.41. The summed E-state index contributed by atoms with van der Waals surface area (Å²) in [6.07, 6.45) is 1.62. The number of hydrogen-bond donors (Lipinski definition) is 2. The van der Waals surface area contributed by atoms with E-state index in [4.69, 9.17) is 9.84 Å². The predicted octanol–water partition coefficient (Wildman–Crippen LogP) is 0.715. The van der Waals surface area contributed by atoms with E-state index in [9.17, 15) is 9.59 Å². The number of carbonyl (C=O) groups is 2. The number of carbonyl (C=O) groups excluding carboxylic acids is 2. The second-order valence-corrected chi connectivity index (χ2v) is 5.66. The van der Waals surface area contributed by atoms with Crippen molar-refractivity contribution in [1.29, 1.82) is 0 Å². The number of nitrogens with one attached hydrogen (secondary N) is 1. The van der Waals surface area contributed by atoms with Crippen LogP contribution in [0, 0.1) is 0 Å². The van der Waals surface area contributed by atoms with Gasteiger partial charge >= 0.3 is 0 Å². The molecule has 1 aromatic heterocycles. The third-order valence-corrected chi connectivity index (χ3v) is 3.94. The Hall–Kier alpha value is -1.51. The summed E-state index contributed by atoms with van der Waals surface area (Å²) < 4.78 is 5.46. The molecule has 1 aliphatic heterocycles. The maximum Gasteiger partial charge on any atom is 0.273 e. The molecule has 0 aliphatic carbocycles. The van der Waals surface area contributed by atoms with Crippen LogP contribution in [0.25, 0.3) is 0 Å². The summed E-state index contributed by atoms with van der Waals surface area (Å²) in [5, 5.41) is 13.4. The Morgan fingerprint density at radius 1 is 1.52 bits per heavy atom. The van der Waals surface area contributed by atoms with Gasteiger partial charge in [-0.1, -0.05) is 0 Å². The van der Waals surface area contributed by atoms with Crippen LogP contribution in [0.15, 0.2) is 5.38 Å². The van der Waals surface area contributed by atoms with Crippen molar-refractivity contribution in [3.05, 3.63) is 11.1 Å². The number of aliphatic hydroxyl groups is 1. The van der Waals surface area contributed by atoms with Gasteiger partial charge in [0.25, 0.3) is 5.91 Å². The molecule has 0 saturated carbocycles. The van der Waals surface area contributed by atoms with Gasteiger partial charge in [-0.25, -0.2) is 4.98 Å². The summed E-state index contributed by atoms with van der Waals surface area (Å²) in [5.74, 6) is -0.325. The van der Waals surface area contributed by atoms with Crippen molar-refractivity contribution in [3.63, 3.8) is 0 Å². The number of likely N-dealkylation sites (tertiary alicyclic amines) is 1. The number of piperidine rings is 1. The van der Waals surface area contributed by atoms with Gasteiger partial charge in [0.05, 0.1) is 19.3 Å². The van der Waals surface area contributed by atoms with Gasteiger partial charge < -0.3 is 20.1 Å².